The lowest BCUT2D eigenvalue weighted by Crippen LogP contribution is -2.46. The van der Waals surface area contributed by atoms with Gasteiger partial charge in [-0.15, -0.1) is 0 Å². The second-order valence-electron chi connectivity index (χ2n) is 8.85. The Morgan fingerprint density at radius 3 is 2.15 bits per heavy atom. The fourth-order valence-electron chi connectivity index (χ4n) is 4.42. The summed E-state index contributed by atoms with van der Waals surface area (Å²) in [7, 11) is 0. The Labute approximate surface area is 162 Å². The summed E-state index contributed by atoms with van der Waals surface area (Å²) in [6.07, 6.45) is 10.2. The number of hydrogen-bond acceptors (Lipinski definition) is 3. The van der Waals surface area contributed by atoms with E-state index in [4.69, 9.17) is 0 Å². The molecule has 0 aliphatic heterocycles. The highest BCUT2D eigenvalue weighted by atomic mass is 16.4. The van der Waals surface area contributed by atoms with Gasteiger partial charge in [0.1, 0.15) is 6.04 Å². The van der Waals surface area contributed by atoms with E-state index in [0.717, 1.165) is 12.8 Å². The molecule has 2 aliphatic rings. The molecular weight excluding hydrogens is 344 g/mol. The minimum Gasteiger partial charge on any atom is -0.480 e. The molecule has 0 radical (unpaired) electrons. The standard InChI is InChI=1S/C21H36N2O4/c1-14(2)12-18(21(26)27)23-20(25)16-8-10-17(11-9-16)22-19(24)13-15-6-4-3-5-7-15/h14-18H,3-13H2,1-2H3,(H,22,24)(H,23,25)(H,26,27)/t16?,17?,18-/m0/s1. The highest BCUT2D eigenvalue weighted by Crippen LogP contribution is 2.28. The topological polar surface area (TPSA) is 95.5 Å². The Hall–Kier alpha value is -1.59. The Morgan fingerprint density at radius 2 is 1.59 bits per heavy atom. The number of carboxylic acid groups (broad SMARTS) is 1. The van der Waals surface area contributed by atoms with Gasteiger partial charge >= 0.3 is 5.97 Å². The largest absolute Gasteiger partial charge is 0.480 e. The van der Waals surface area contributed by atoms with Gasteiger partial charge in [0.25, 0.3) is 0 Å². The first-order valence-electron chi connectivity index (χ1n) is 10.7. The van der Waals surface area contributed by atoms with E-state index in [1.165, 1.54) is 32.1 Å². The summed E-state index contributed by atoms with van der Waals surface area (Å²) in [6, 6.07) is -0.665. The fourth-order valence-corrected chi connectivity index (χ4v) is 4.42. The smallest absolute Gasteiger partial charge is 0.326 e. The Morgan fingerprint density at radius 1 is 0.963 bits per heavy atom. The number of rotatable bonds is 8. The SMILES string of the molecule is CC(C)C[C@H](NC(=O)C1CCC(NC(=O)CC2CCCCC2)CC1)C(=O)O. The fraction of sp³-hybridized carbons (Fsp3) is 0.857. The summed E-state index contributed by atoms with van der Waals surface area (Å²) in [5.41, 5.74) is 0. The maximum absolute atomic E-state index is 12.4. The number of carbonyl (C=O) groups excluding carboxylic acids is 2. The zero-order valence-electron chi connectivity index (χ0n) is 16.8. The Kier molecular flexibility index (Phi) is 8.58. The lowest BCUT2D eigenvalue weighted by Gasteiger charge is -2.30. The van der Waals surface area contributed by atoms with E-state index in [0.29, 0.717) is 31.6 Å². The van der Waals surface area contributed by atoms with Crippen LogP contribution in [0, 0.1) is 17.8 Å². The second kappa shape index (κ2) is 10.7. The molecule has 0 bridgehead atoms. The third kappa shape index (κ3) is 7.51. The summed E-state index contributed by atoms with van der Waals surface area (Å²) < 4.78 is 0. The molecule has 1 atom stereocenters. The minimum atomic E-state index is -0.972. The first-order valence-corrected chi connectivity index (χ1v) is 10.7. The zero-order valence-corrected chi connectivity index (χ0v) is 16.8. The van der Waals surface area contributed by atoms with Gasteiger partial charge in [-0.2, -0.15) is 0 Å². The van der Waals surface area contributed by atoms with Crippen LogP contribution in [0.3, 0.4) is 0 Å². The molecule has 0 aromatic heterocycles. The van der Waals surface area contributed by atoms with Crippen LogP contribution in [-0.2, 0) is 14.4 Å². The van der Waals surface area contributed by atoms with Crippen LogP contribution in [0.1, 0.15) is 84.5 Å². The molecule has 2 saturated carbocycles. The third-order valence-corrected chi connectivity index (χ3v) is 5.98. The van der Waals surface area contributed by atoms with E-state index in [-0.39, 0.29) is 29.7 Å². The molecule has 2 amide bonds. The number of aliphatic carboxylic acids is 1. The van der Waals surface area contributed by atoms with E-state index in [1.807, 2.05) is 13.8 Å². The van der Waals surface area contributed by atoms with Crippen molar-refractivity contribution in [2.45, 2.75) is 96.6 Å². The number of nitrogens with one attached hydrogen (secondary N) is 2. The molecule has 154 valence electrons. The molecule has 0 aromatic carbocycles. The van der Waals surface area contributed by atoms with Crippen LogP contribution in [0.2, 0.25) is 0 Å². The van der Waals surface area contributed by atoms with Crippen LogP contribution in [0.25, 0.3) is 0 Å². The van der Waals surface area contributed by atoms with Crippen LogP contribution in [0.4, 0.5) is 0 Å². The van der Waals surface area contributed by atoms with Crippen molar-refractivity contribution in [3.63, 3.8) is 0 Å². The van der Waals surface area contributed by atoms with Crippen LogP contribution in [-0.4, -0.2) is 35.0 Å². The van der Waals surface area contributed by atoms with Crippen LogP contribution < -0.4 is 10.6 Å². The highest BCUT2D eigenvalue weighted by Gasteiger charge is 2.30. The quantitative estimate of drug-likeness (QED) is 0.602. The second-order valence-corrected chi connectivity index (χ2v) is 8.85. The number of amides is 2. The van der Waals surface area contributed by atoms with Crippen molar-refractivity contribution in [3.8, 4) is 0 Å². The maximum atomic E-state index is 12.4. The van der Waals surface area contributed by atoms with Crippen LogP contribution in [0.5, 0.6) is 0 Å². The zero-order chi connectivity index (χ0) is 19.8. The van der Waals surface area contributed by atoms with Gasteiger partial charge in [-0.3, -0.25) is 9.59 Å². The molecule has 6 heteroatoms. The third-order valence-electron chi connectivity index (χ3n) is 5.98. The molecule has 0 unspecified atom stereocenters. The van der Waals surface area contributed by atoms with Crippen molar-refractivity contribution in [3.05, 3.63) is 0 Å². The normalized spacial score (nSPS) is 25.0. The Balaban J connectivity index is 1.71. The Bertz CT molecular complexity index is 506. The molecule has 0 spiro atoms. The summed E-state index contributed by atoms with van der Waals surface area (Å²) >= 11 is 0. The van der Waals surface area contributed by atoms with E-state index >= 15 is 0 Å². The van der Waals surface area contributed by atoms with Gasteiger partial charge in [0.15, 0.2) is 0 Å². The van der Waals surface area contributed by atoms with Gasteiger partial charge in [-0.05, 0) is 56.8 Å². The minimum absolute atomic E-state index is 0.148. The maximum Gasteiger partial charge on any atom is 0.326 e. The predicted octanol–water partition coefficient (Wildman–Crippen LogP) is 3.25. The lowest BCUT2D eigenvalue weighted by molar-refractivity contribution is -0.143. The molecule has 0 heterocycles. The monoisotopic (exact) mass is 380 g/mol. The molecule has 0 saturated heterocycles. The summed E-state index contributed by atoms with van der Waals surface area (Å²) in [5.74, 6) is -0.379. The average Bonchev–Trinajstić information content (AvgIpc) is 2.62. The van der Waals surface area contributed by atoms with Gasteiger partial charge in [0.2, 0.25) is 11.8 Å². The van der Waals surface area contributed by atoms with Gasteiger partial charge < -0.3 is 15.7 Å². The van der Waals surface area contributed by atoms with Crippen molar-refractivity contribution in [1.29, 1.82) is 0 Å². The van der Waals surface area contributed by atoms with Gasteiger partial charge in [0.05, 0.1) is 0 Å². The van der Waals surface area contributed by atoms with E-state index in [1.54, 1.807) is 0 Å². The molecule has 6 nitrogen and oxygen atoms in total. The number of carbonyl (C=O) groups is 3. The molecule has 2 aliphatic carbocycles. The van der Waals surface area contributed by atoms with Gasteiger partial charge in [-0.25, -0.2) is 4.79 Å². The first kappa shape index (κ1) is 21.7. The van der Waals surface area contributed by atoms with E-state index in [9.17, 15) is 19.5 Å². The molecular formula is C21H36N2O4. The van der Waals surface area contributed by atoms with Crippen molar-refractivity contribution in [1.82, 2.24) is 10.6 Å². The number of hydrogen-bond donors (Lipinski definition) is 3. The summed E-state index contributed by atoms with van der Waals surface area (Å²) in [4.78, 5) is 36.0. The predicted molar refractivity (Wildman–Crippen MR) is 104 cm³/mol. The van der Waals surface area contributed by atoms with Gasteiger partial charge in [-0.1, -0.05) is 33.1 Å². The number of carboxylic acids is 1. The lowest BCUT2D eigenvalue weighted by atomic mass is 9.84. The molecule has 27 heavy (non-hydrogen) atoms. The van der Waals surface area contributed by atoms with E-state index in [2.05, 4.69) is 10.6 Å². The van der Waals surface area contributed by atoms with Crippen LogP contribution >= 0.6 is 0 Å². The molecule has 3 N–H and O–H groups in total. The summed E-state index contributed by atoms with van der Waals surface area (Å²) in [5, 5.41) is 15.1. The van der Waals surface area contributed by atoms with Crippen molar-refractivity contribution < 1.29 is 19.5 Å². The van der Waals surface area contributed by atoms with Crippen LogP contribution in [0.15, 0.2) is 0 Å². The van der Waals surface area contributed by atoms with Gasteiger partial charge in [0, 0.05) is 18.4 Å². The van der Waals surface area contributed by atoms with Crippen molar-refractivity contribution in [2.24, 2.45) is 17.8 Å². The molecule has 0 aromatic rings. The molecule has 2 fully saturated rings. The first-order chi connectivity index (χ1) is 12.8. The summed E-state index contributed by atoms with van der Waals surface area (Å²) in [6.45, 7) is 3.90. The van der Waals surface area contributed by atoms with Crippen molar-refractivity contribution in [2.75, 3.05) is 0 Å². The average molecular weight is 381 g/mol. The van der Waals surface area contributed by atoms with E-state index < -0.39 is 12.0 Å². The highest BCUT2D eigenvalue weighted by molar-refractivity contribution is 5.85. The molecule has 2 rings (SSSR count). The van der Waals surface area contributed by atoms with Crippen molar-refractivity contribution >= 4 is 17.8 Å².